The minimum atomic E-state index is -0.311. The quantitative estimate of drug-likeness (QED) is 0.359. The maximum atomic E-state index is 11.0. The van der Waals surface area contributed by atoms with E-state index in [-0.39, 0.29) is 5.97 Å². The fraction of sp³-hybridized carbons (Fsp3) is 0.700. The lowest BCUT2D eigenvalue weighted by Gasteiger charge is -2.18. The third-order valence-electron chi connectivity index (χ3n) is 1.71. The second-order valence-corrected chi connectivity index (χ2v) is 3.05. The number of esters is 1. The van der Waals surface area contributed by atoms with Crippen molar-refractivity contribution >= 4 is 5.97 Å². The first-order chi connectivity index (χ1) is 6.11. The Labute approximate surface area is 80.4 Å². The van der Waals surface area contributed by atoms with Gasteiger partial charge in [0.25, 0.3) is 0 Å². The molecule has 0 unspecified atom stereocenters. The lowest BCUT2D eigenvalue weighted by Crippen LogP contribution is -2.28. The van der Waals surface area contributed by atoms with E-state index in [1.807, 2.05) is 6.92 Å². The van der Waals surface area contributed by atoms with Crippen molar-refractivity contribution in [3.8, 4) is 0 Å². The number of rotatable bonds is 6. The van der Waals surface area contributed by atoms with E-state index in [0.717, 1.165) is 19.5 Å². The Balaban J connectivity index is 3.71. The van der Waals surface area contributed by atoms with E-state index >= 15 is 0 Å². The summed E-state index contributed by atoms with van der Waals surface area (Å²) in [4.78, 5) is 13.1. The van der Waals surface area contributed by atoms with E-state index in [2.05, 4.69) is 18.4 Å². The Morgan fingerprint density at radius 3 is 2.46 bits per heavy atom. The predicted octanol–water partition coefficient (Wildman–Crippen LogP) is 1.80. The molecular formula is C10H19NO2. The molecule has 13 heavy (non-hydrogen) atoms. The standard InChI is InChI=1S/C10H19NO2/c1-5-7-11(6-2)8-13-10(12)9(3)4/h3,5-8H2,1-2,4H3. The minimum Gasteiger partial charge on any atom is -0.446 e. The van der Waals surface area contributed by atoms with Crippen molar-refractivity contribution in [1.82, 2.24) is 4.90 Å². The monoisotopic (exact) mass is 185 g/mol. The Kier molecular flexibility index (Phi) is 6.24. The topological polar surface area (TPSA) is 29.5 Å². The molecule has 0 aromatic heterocycles. The fourth-order valence-electron chi connectivity index (χ4n) is 0.903. The van der Waals surface area contributed by atoms with Gasteiger partial charge in [-0.05, 0) is 19.9 Å². The molecule has 0 fully saturated rings. The lowest BCUT2D eigenvalue weighted by molar-refractivity contribution is -0.143. The zero-order chi connectivity index (χ0) is 10.3. The molecule has 0 radical (unpaired) electrons. The van der Waals surface area contributed by atoms with Crippen molar-refractivity contribution in [3.63, 3.8) is 0 Å². The Bertz CT molecular complexity index is 178. The van der Waals surface area contributed by atoms with Gasteiger partial charge in [-0.25, -0.2) is 4.79 Å². The van der Waals surface area contributed by atoms with Crippen LogP contribution in [0, 0.1) is 0 Å². The summed E-state index contributed by atoms with van der Waals surface area (Å²) in [6, 6.07) is 0. The first kappa shape index (κ1) is 12.2. The van der Waals surface area contributed by atoms with Gasteiger partial charge in [0.2, 0.25) is 0 Å². The van der Waals surface area contributed by atoms with Crippen LogP contribution in [0.15, 0.2) is 12.2 Å². The highest BCUT2D eigenvalue weighted by Gasteiger charge is 2.06. The normalized spacial score (nSPS) is 10.2. The molecule has 0 rings (SSSR count). The summed E-state index contributed by atoms with van der Waals surface area (Å²) in [6.07, 6.45) is 1.07. The molecule has 3 nitrogen and oxygen atoms in total. The van der Waals surface area contributed by atoms with Crippen LogP contribution in [0.3, 0.4) is 0 Å². The van der Waals surface area contributed by atoms with Crippen LogP contribution in [0.1, 0.15) is 27.2 Å². The summed E-state index contributed by atoms with van der Waals surface area (Å²) < 4.78 is 5.00. The maximum absolute atomic E-state index is 11.0. The molecule has 76 valence electrons. The van der Waals surface area contributed by atoms with Crippen LogP contribution < -0.4 is 0 Å². The molecule has 0 aliphatic carbocycles. The molecular weight excluding hydrogens is 166 g/mol. The maximum Gasteiger partial charge on any atom is 0.334 e. The highest BCUT2D eigenvalue weighted by Crippen LogP contribution is 1.96. The third-order valence-corrected chi connectivity index (χ3v) is 1.71. The lowest BCUT2D eigenvalue weighted by atomic mass is 10.4. The van der Waals surface area contributed by atoms with Gasteiger partial charge in [0.05, 0.1) is 0 Å². The van der Waals surface area contributed by atoms with Crippen molar-refractivity contribution in [1.29, 1.82) is 0 Å². The predicted molar refractivity (Wildman–Crippen MR) is 53.3 cm³/mol. The van der Waals surface area contributed by atoms with E-state index in [1.165, 1.54) is 0 Å². The van der Waals surface area contributed by atoms with E-state index in [4.69, 9.17) is 4.74 Å². The SMILES string of the molecule is C=C(C)C(=O)OCN(CC)CCC. The molecule has 0 aliphatic rings. The van der Waals surface area contributed by atoms with E-state index < -0.39 is 0 Å². The number of hydrogen-bond donors (Lipinski definition) is 0. The summed E-state index contributed by atoms with van der Waals surface area (Å²) in [5.74, 6) is -0.311. The zero-order valence-corrected chi connectivity index (χ0v) is 8.80. The van der Waals surface area contributed by atoms with Gasteiger partial charge >= 0.3 is 5.97 Å². The van der Waals surface area contributed by atoms with Gasteiger partial charge in [-0.2, -0.15) is 0 Å². The summed E-state index contributed by atoms with van der Waals surface area (Å²) in [7, 11) is 0. The zero-order valence-electron chi connectivity index (χ0n) is 8.80. The molecule has 0 amide bonds. The minimum absolute atomic E-state index is 0.311. The van der Waals surface area contributed by atoms with Crippen LogP contribution in [-0.2, 0) is 9.53 Å². The van der Waals surface area contributed by atoms with Crippen LogP contribution in [0.5, 0.6) is 0 Å². The molecule has 0 N–H and O–H groups in total. The molecule has 0 aromatic carbocycles. The first-order valence-electron chi connectivity index (χ1n) is 4.66. The number of ether oxygens (including phenoxy) is 1. The molecule has 0 saturated heterocycles. The summed E-state index contributed by atoms with van der Waals surface area (Å²) in [5, 5.41) is 0. The average molecular weight is 185 g/mol. The highest BCUT2D eigenvalue weighted by molar-refractivity contribution is 5.86. The second-order valence-electron chi connectivity index (χ2n) is 3.05. The van der Waals surface area contributed by atoms with Gasteiger partial charge in [0, 0.05) is 12.1 Å². The van der Waals surface area contributed by atoms with Crippen molar-refractivity contribution < 1.29 is 9.53 Å². The highest BCUT2D eigenvalue weighted by atomic mass is 16.5. The third kappa shape index (κ3) is 5.42. The number of nitrogens with zero attached hydrogens (tertiary/aromatic N) is 1. The Morgan fingerprint density at radius 2 is 2.08 bits per heavy atom. The van der Waals surface area contributed by atoms with Crippen molar-refractivity contribution in [2.45, 2.75) is 27.2 Å². The van der Waals surface area contributed by atoms with Crippen LogP contribution >= 0.6 is 0 Å². The molecule has 0 bridgehead atoms. The molecule has 0 saturated carbocycles. The second kappa shape index (κ2) is 6.66. The molecule has 0 spiro atoms. The van der Waals surface area contributed by atoms with Gasteiger partial charge in [0.15, 0.2) is 0 Å². The molecule has 0 heterocycles. The average Bonchev–Trinajstić information content (AvgIpc) is 2.11. The van der Waals surface area contributed by atoms with Crippen LogP contribution in [0.2, 0.25) is 0 Å². The van der Waals surface area contributed by atoms with Crippen molar-refractivity contribution in [3.05, 3.63) is 12.2 Å². The van der Waals surface area contributed by atoms with Crippen LogP contribution in [0.25, 0.3) is 0 Å². The molecule has 3 heteroatoms. The van der Waals surface area contributed by atoms with Crippen LogP contribution in [0.4, 0.5) is 0 Å². The summed E-state index contributed by atoms with van der Waals surface area (Å²) >= 11 is 0. The van der Waals surface area contributed by atoms with Gasteiger partial charge < -0.3 is 4.74 Å². The van der Waals surface area contributed by atoms with E-state index in [9.17, 15) is 4.79 Å². The number of carbonyl (C=O) groups excluding carboxylic acids is 1. The van der Waals surface area contributed by atoms with Gasteiger partial charge in [-0.3, -0.25) is 4.90 Å². The van der Waals surface area contributed by atoms with E-state index in [1.54, 1.807) is 6.92 Å². The number of hydrogen-bond acceptors (Lipinski definition) is 3. The summed E-state index contributed by atoms with van der Waals surface area (Å²) in [6.45, 7) is 11.5. The summed E-state index contributed by atoms with van der Waals surface area (Å²) in [5.41, 5.74) is 0.451. The Morgan fingerprint density at radius 1 is 1.46 bits per heavy atom. The largest absolute Gasteiger partial charge is 0.446 e. The molecule has 0 atom stereocenters. The molecule has 0 aliphatic heterocycles. The van der Waals surface area contributed by atoms with Gasteiger partial charge in [-0.15, -0.1) is 0 Å². The van der Waals surface area contributed by atoms with Gasteiger partial charge in [-0.1, -0.05) is 20.4 Å². The van der Waals surface area contributed by atoms with Crippen LogP contribution in [-0.4, -0.2) is 30.7 Å². The van der Waals surface area contributed by atoms with Crippen molar-refractivity contribution in [2.24, 2.45) is 0 Å². The smallest absolute Gasteiger partial charge is 0.334 e. The first-order valence-corrected chi connectivity index (χ1v) is 4.66. The van der Waals surface area contributed by atoms with Gasteiger partial charge in [0.1, 0.15) is 6.73 Å². The fourth-order valence-corrected chi connectivity index (χ4v) is 0.903. The number of carbonyl (C=O) groups is 1. The Hall–Kier alpha value is -0.830. The van der Waals surface area contributed by atoms with Crippen molar-refractivity contribution in [2.75, 3.05) is 19.8 Å². The molecule has 0 aromatic rings. The van der Waals surface area contributed by atoms with E-state index in [0.29, 0.717) is 12.3 Å².